The van der Waals surface area contributed by atoms with Crippen LogP contribution in [0.1, 0.15) is 17.0 Å². The van der Waals surface area contributed by atoms with Gasteiger partial charge in [0.1, 0.15) is 6.61 Å². The van der Waals surface area contributed by atoms with Crippen molar-refractivity contribution in [3.05, 3.63) is 47.8 Å². The van der Waals surface area contributed by atoms with Crippen molar-refractivity contribution in [1.29, 1.82) is 0 Å². The van der Waals surface area contributed by atoms with Gasteiger partial charge in [0.2, 0.25) is 5.91 Å². The Morgan fingerprint density at radius 2 is 2.21 bits per heavy atom. The smallest absolute Gasteiger partial charge is 0.234 e. The van der Waals surface area contributed by atoms with Gasteiger partial charge in [-0.15, -0.1) is 16.8 Å². The van der Waals surface area contributed by atoms with Crippen molar-refractivity contribution in [1.82, 2.24) is 14.8 Å². The van der Waals surface area contributed by atoms with Crippen molar-refractivity contribution in [3.8, 4) is 0 Å². The summed E-state index contributed by atoms with van der Waals surface area (Å²) < 4.78 is 7.01. The third-order valence-electron chi connectivity index (χ3n) is 3.38. The van der Waals surface area contributed by atoms with E-state index in [0.29, 0.717) is 18.3 Å². The summed E-state index contributed by atoms with van der Waals surface area (Å²) >= 11 is 1.35. The van der Waals surface area contributed by atoms with E-state index in [2.05, 4.69) is 22.1 Å². The van der Waals surface area contributed by atoms with Crippen LogP contribution in [0.25, 0.3) is 0 Å². The SMILES string of the molecule is C=CCn1c(COC)nnc1SCC(=O)Nc1cc(C)ccc1C. The summed E-state index contributed by atoms with van der Waals surface area (Å²) in [5.74, 6) is 0.903. The molecule has 1 N–H and O–H groups in total. The molecule has 128 valence electrons. The summed E-state index contributed by atoms with van der Waals surface area (Å²) in [5.41, 5.74) is 2.99. The maximum absolute atomic E-state index is 12.2. The molecule has 2 aromatic rings. The van der Waals surface area contributed by atoms with E-state index in [-0.39, 0.29) is 11.7 Å². The molecule has 0 saturated carbocycles. The number of ether oxygens (including phenoxy) is 1. The van der Waals surface area contributed by atoms with Crippen molar-refractivity contribution < 1.29 is 9.53 Å². The Balaban J connectivity index is 2.01. The topological polar surface area (TPSA) is 69.0 Å². The second kappa shape index (κ2) is 8.65. The van der Waals surface area contributed by atoms with Crippen LogP contribution in [0.2, 0.25) is 0 Å². The van der Waals surface area contributed by atoms with Crippen molar-refractivity contribution in [2.24, 2.45) is 0 Å². The lowest BCUT2D eigenvalue weighted by atomic mass is 10.1. The van der Waals surface area contributed by atoms with E-state index in [9.17, 15) is 4.79 Å². The molecular weight excluding hydrogens is 324 g/mol. The summed E-state index contributed by atoms with van der Waals surface area (Å²) in [7, 11) is 1.61. The molecule has 1 heterocycles. The number of thioether (sulfide) groups is 1. The van der Waals surface area contributed by atoms with Gasteiger partial charge in [0.05, 0.1) is 5.75 Å². The van der Waals surface area contributed by atoms with Crippen molar-refractivity contribution in [2.45, 2.75) is 32.2 Å². The van der Waals surface area contributed by atoms with E-state index < -0.39 is 0 Å². The van der Waals surface area contributed by atoms with E-state index >= 15 is 0 Å². The Morgan fingerprint density at radius 1 is 1.42 bits per heavy atom. The van der Waals surface area contributed by atoms with Crippen LogP contribution in [0.3, 0.4) is 0 Å². The Hall–Kier alpha value is -2.12. The number of amides is 1. The van der Waals surface area contributed by atoms with Gasteiger partial charge >= 0.3 is 0 Å². The van der Waals surface area contributed by atoms with Crippen LogP contribution < -0.4 is 5.32 Å². The van der Waals surface area contributed by atoms with Gasteiger partial charge in [0.15, 0.2) is 11.0 Å². The van der Waals surface area contributed by atoms with E-state index in [0.717, 1.165) is 22.6 Å². The third kappa shape index (κ3) is 4.69. The monoisotopic (exact) mass is 346 g/mol. The molecule has 0 aliphatic heterocycles. The number of aryl methyl sites for hydroxylation is 2. The summed E-state index contributed by atoms with van der Waals surface area (Å²) in [6, 6.07) is 5.99. The zero-order valence-corrected chi connectivity index (χ0v) is 15.0. The van der Waals surface area contributed by atoms with Crippen molar-refractivity contribution in [3.63, 3.8) is 0 Å². The molecule has 0 saturated heterocycles. The predicted octanol–water partition coefficient (Wildman–Crippen LogP) is 2.96. The Labute approximate surface area is 146 Å². The van der Waals surface area contributed by atoms with E-state index in [1.165, 1.54) is 11.8 Å². The maximum atomic E-state index is 12.2. The fourth-order valence-corrected chi connectivity index (χ4v) is 2.93. The lowest BCUT2D eigenvalue weighted by molar-refractivity contribution is -0.113. The number of hydrogen-bond acceptors (Lipinski definition) is 5. The first-order valence-electron chi connectivity index (χ1n) is 7.57. The number of rotatable bonds is 8. The summed E-state index contributed by atoms with van der Waals surface area (Å²) in [6.07, 6.45) is 1.77. The zero-order valence-electron chi connectivity index (χ0n) is 14.2. The number of aromatic nitrogens is 3. The highest BCUT2D eigenvalue weighted by atomic mass is 32.2. The fraction of sp³-hybridized carbons (Fsp3) is 0.353. The van der Waals surface area contributed by atoms with Gasteiger partial charge in [-0.2, -0.15) is 0 Å². The number of carbonyl (C=O) groups excluding carboxylic acids is 1. The standard InChI is InChI=1S/C17H22N4O2S/c1-5-8-21-15(10-23-4)19-20-17(21)24-11-16(22)18-14-9-12(2)6-7-13(14)3/h5-7,9H,1,8,10-11H2,2-4H3,(H,18,22). The number of methoxy groups -OCH3 is 1. The average molecular weight is 346 g/mol. The Bertz CT molecular complexity index is 727. The normalized spacial score (nSPS) is 10.6. The third-order valence-corrected chi connectivity index (χ3v) is 4.34. The van der Waals surface area contributed by atoms with Gasteiger partial charge in [-0.25, -0.2) is 0 Å². The van der Waals surface area contributed by atoms with Crippen LogP contribution in [0.15, 0.2) is 36.0 Å². The second-order valence-electron chi connectivity index (χ2n) is 5.39. The molecular formula is C17H22N4O2S. The molecule has 1 aromatic carbocycles. The minimum atomic E-state index is -0.0739. The van der Waals surface area contributed by atoms with Gasteiger partial charge in [0, 0.05) is 19.3 Å². The number of benzene rings is 1. The minimum absolute atomic E-state index is 0.0739. The highest BCUT2D eigenvalue weighted by Crippen LogP contribution is 2.20. The molecule has 24 heavy (non-hydrogen) atoms. The summed E-state index contributed by atoms with van der Waals surface area (Å²) in [4.78, 5) is 12.2. The van der Waals surface area contributed by atoms with Gasteiger partial charge in [-0.05, 0) is 31.0 Å². The quantitative estimate of drug-likeness (QED) is 0.588. The first-order valence-corrected chi connectivity index (χ1v) is 8.55. The van der Waals surface area contributed by atoms with Gasteiger partial charge in [-0.3, -0.25) is 4.79 Å². The molecule has 0 atom stereocenters. The first-order chi connectivity index (χ1) is 11.5. The number of allylic oxidation sites excluding steroid dienone is 1. The van der Waals surface area contributed by atoms with Crippen LogP contribution >= 0.6 is 11.8 Å². The second-order valence-corrected chi connectivity index (χ2v) is 6.33. The fourth-order valence-electron chi connectivity index (χ4n) is 2.16. The van der Waals surface area contributed by atoms with Gasteiger partial charge < -0.3 is 14.6 Å². The van der Waals surface area contributed by atoms with E-state index in [4.69, 9.17) is 4.74 Å². The van der Waals surface area contributed by atoms with E-state index in [1.54, 1.807) is 13.2 Å². The summed E-state index contributed by atoms with van der Waals surface area (Å²) in [6.45, 7) is 8.66. The molecule has 0 radical (unpaired) electrons. The highest BCUT2D eigenvalue weighted by molar-refractivity contribution is 7.99. The molecule has 0 bridgehead atoms. The number of nitrogens with one attached hydrogen (secondary N) is 1. The average Bonchev–Trinajstić information content (AvgIpc) is 2.92. The lowest BCUT2D eigenvalue weighted by Crippen LogP contribution is -2.15. The molecule has 0 unspecified atom stereocenters. The van der Waals surface area contributed by atoms with Crippen LogP contribution in [0, 0.1) is 13.8 Å². The lowest BCUT2D eigenvalue weighted by Gasteiger charge is -2.10. The number of hydrogen-bond donors (Lipinski definition) is 1. The van der Waals surface area contributed by atoms with E-state index in [1.807, 2.05) is 36.6 Å². The zero-order chi connectivity index (χ0) is 17.5. The van der Waals surface area contributed by atoms with Crippen molar-refractivity contribution >= 4 is 23.4 Å². The Kier molecular flexibility index (Phi) is 6.57. The predicted molar refractivity (Wildman–Crippen MR) is 96.2 cm³/mol. The largest absolute Gasteiger partial charge is 0.377 e. The van der Waals surface area contributed by atoms with Crippen LogP contribution in [-0.2, 0) is 22.7 Å². The number of nitrogens with zero attached hydrogens (tertiary/aromatic N) is 3. The van der Waals surface area contributed by atoms with Crippen LogP contribution in [-0.4, -0.2) is 33.5 Å². The number of carbonyl (C=O) groups is 1. The molecule has 0 fully saturated rings. The highest BCUT2D eigenvalue weighted by Gasteiger charge is 2.13. The van der Waals surface area contributed by atoms with Gasteiger partial charge in [-0.1, -0.05) is 30.0 Å². The molecule has 0 spiro atoms. The maximum Gasteiger partial charge on any atom is 0.234 e. The van der Waals surface area contributed by atoms with Crippen LogP contribution in [0.4, 0.5) is 5.69 Å². The summed E-state index contributed by atoms with van der Waals surface area (Å²) in [5, 5.41) is 11.9. The van der Waals surface area contributed by atoms with Gasteiger partial charge in [0.25, 0.3) is 0 Å². The molecule has 1 amide bonds. The van der Waals surface area contributed by atoms with Crippen molar-refractivity contribution in [2.75, 3.05) is 18.2 Å². The molecule has 7 heteroatoms. The van der Waals surface area contributed by atoms with Crippen LogP contribution in [0.5, 0.6) is 0 Å². The minimum Gasteiger partial charge on any atom is -0.377 e. The Morgan fingerprint density at radius 3 is 2.92 bits per heavy atom. The molecule has 2 rings (SSSR count). The number of anilines is 1. The molecule has 1 aromatic heterocycles. The molecule has 0 aliphatic rings. The first kappa shape index (κ1) is 18.2. The molecule has 0 aliphatic carbocycles. The molecule has 6 nitrogen and oxygen atoms in total.